The molecule has 2 amide bonds. The summed E-state index contributed by atoms with van der Waals surface area (Å²) >= 11 is 0. The average Bonchev–Trinajstić information content (AvgIpc) is 3.27. The van der Waals surface area contributed by atoms with Crippen LogP contribution in [0.3, 0.4) is 0 Å². The Bertz CT molecular complexity index is 1110. The third kappa shape index (κ3) is 6.12. The number of ether oxygens (including phenoxy) is 1. The Morgan fingerprint density at radius 1 is 0.971 bits per heavy atom. The molecule has 1 fully saturated rings. The first-order valence-corrected chi connectivity index (χ1v) is 11.3. The number of pyridine rings is 1. The molecule has 9 nitrogen and oxygen atoms in total. The molecule has 3 aromatic rings. The van der Waals surface area contributed by atoms with E-state index < -0.39 is 5.60 Å². The van der Waals surface area contributed by atoms with Crippen molar-refractivity contribution in [3.8, 4) is 5.69 Å². The summed E-state index contributed by atoms with van der Waals surface area (Å²) < 4.78 is 7.20. The number of amides is 2. The van der Waals surface area contributed by atoms with E-state index in [9.17, 15) is 9.59 Å². The summed E-state index contributed by atoms with van der Waals surface area (Å²) in [7, 11) is 0. The number of carbonyl (C=O) groups excluding carboxylic acids is 2. The highest BCUT2D eigenvalue weighted by Crippen LogP contribution is 2.19. The summed E-state index contributed by atoms with van der Waals surface area (Å²) in [6.07, 6.45) is 5.22. The number of hydrogen-bond donors (Lipinski definition) is 1. The average molecular weight is 463 g/mol. The lowest BCUT2D eigenvalue weighted by molar-refractivity contribution is -0.115. The third-order valence-electron chi connectivity index (χ3n) is 5.33. The van der Waals surface area contributed by atoms with Gasteiger partial charge in [-0.05, 0) is 50.6 Å². The van der Waals surface area contributed by atoms with Crippen molar-refractivity contribution in [2.45, 2.75) is 32.8 Å². The lowest BCUT2D eigenvalue weighted by atomic mass is 10.2. The Kier molecular flexibility index (Phi) is 6.81. The molecule has 34 heavy (non-hydrogen) atoms. The minimum Gasteiger partial charge on any atom is -0.444 e. The van der Waals surface area contributed by atoms with Gasteiger partial charge in [0.2, 0.25) is 5.91 Å². The summed E-state index contributed by atoms with van der Waals surface area (Å²) in [6.45, 7) is 8.16. The molecule has 0 radical (unpaired) electrons. The summed E-state index contributed by atoms with van der Waals surface area (Å²) in [4.78, 5) is 33.0. The van der Waals surface area contributed by atoms with Crippen molar-refractivity contribution >= 4 is 23.5 Å². The van der Waals surface area contributed by atoms with Gasteiger partial charge in [0, 0.05) is 32.4 Å². The number of nitrogens with zero attached hydrogens (tertiary/aromatic N) is 5. The molecule has 4 rings (SSSR count). The zero-order valence-electron chi connectivity index (χ0n) is 19.8. The van der Waals surface area contributed by atoms with Gasteiger partial charge in [0.05, 0.1) is 30.2 Å². The van der Waals surface area contributed by atoms with Crippen molar-refractivity contribution in [1.29, 1.82) is 0 Å². The first-order valence-electron chi connectivity index (χ1n) is 11.3. The molecule has 2 aromatic heterocycles. The Morgan fingerprint density at radius 2 is 1.71 bits per heavy atom. The van der Waals surface area contributed by atoms with Crippen molar-refractivity contribution in [2.24, 2.45) is 0 Å². The van der Waals surface area contributed by atoms with Crippen LogP contribution in [-0.4, -0.2) is 63.4 Å². The maximum atomic E-state index is 12.5. The molecule has 1 aliphatic rings. The van der Waals surface area contributed by atoms with E-state index in [2.05, 4.69) is 20.3 Å². The highest BCUT2D eigenvalue weighted by atomic mass is 16.6. The van der Waals surface area contributed by atoms with Gasteiger partial charge in [-0.3, -0.25) is 4.79 Å². The van der Waals surface area contributed by atoms with Gasteiger partial charge in [-0.15, -0.1) is 0 Å². The monoisotopic (exact) mass is 462 g/mol. The molecule has 0 atom stereocenters. The smallest absolute Gasteiger partial charge is 0.410 e. The lowest BCUT2D eigenvalue weighted by Gasteiger charge is -2.36. The summed E-state index contributed by atoms with van der Waals surface area (Å²) in [5, 5.41) is 7.16. The van der Waals surface area contributed by atoms with Gasteiger partial charge in [0.15, 0.2) is 0 Å². The van der Waals surface area contributed by atoms with Crippen molar-refractivity contribution in [1.82, 2.24) is 19.7 Å². The van der Waals surface area contributed by atoms with E-state index in [0.29, 0.717) is 32.0 Å². The molecule has 1 saturated heterocycles. The number of benzene rings is 1. The number of nitrogens with one attached hydrogen (secondary N) is 1. The van der Waals surface area contributed by atoms with Crippen LogP contribution in [0.5, 0.6) is 0 Å². The molecule has 3 heterocycles. The molecule has 178 valence electrons. The highest BCUT2D eigenvalue weighted by Gasteiger charge is 2.26. The first-order chi connectivity index (χ1) is 16.3. The molecule has 0 unspecified atom stereocenters. The number of rotatable bonds is 5. The zero-order valence-corrected chi connectivity index (χ0v) is 19.8. The van der Waals surface area contributed by atoms with E-state index in [1.54, 1.807) is 28.0 Å². The largest absolute Gasteiger partial charge is 0.444 e. The van der Waals surface area contributed by atoms with Crippen LogP contribution in [0.4, 0.5) is 16.3 Å². The molecule has 1 N–H and O–H groups in total. The van der Waals surface area contributed by atoms with Gasteiger partial charge in [0.1, 0.15) is 11.4 Å². The van der Waals surface area contributed by atoms with Crippen LogP contribution in [0, 0.1) is 0 Å². The van der Waals surface area contributed by atoms with Crippen LogP contribution < -0.4 is 10.2 Å². The van der Waals surface area contributed by atoms with Crippen molar-refractivity contribution in [3.63, 3.8) is 0 Å². The van der Waals surface area contributed by atoms with Crippen molar-refractivity contribution in [3.05, 3.63) is 66.6 Å². The van der Waals surface area contributed by atoms with Crippen LogP contribution in [0.25, 0.3) is 5.69 Å². The second kappa shape index (κ2) is 9.94. The quantitative estimate of drug-likeness (QED) is 0.624. The number of hydrogen-bond acceptors (Lipinski definition) is 6. The Hall–Kier alpha value is -3.88. The number of para-hydroxylation sites is 1. The molecule has 0 aliphatic carbocycles. The molecule has 1 aromatic carbocycles. The second-order valence-corrected chi connectivity index (χ2v) is 9.21. The molecule has 9 heteroatoms. The lowest BCUT2D eigenvalue weighted by Crippen LogP contribution is -2.50. The molecular weight excluding hydrogens is 432 g/mol. The van der Waals surface area contributed by atoms with E-state index in [4.69, 9.17) is 4.74 Å². The predicted molar refractivity (Wildman–Crippen MR) is 130 cm³/mol. The minimum absolute atomic E-state index is 0.154. The molecular formula is C25H30N6O3. The topological polar surface area (TPSA) is 92.6 Å². The second-order valence-electron chi connectivity index (χ2n) is 9.21. The van der Waals surface area contributed by atoms with Crippen LogP contribution in [0.1, 0.15) is 26.3 Å². The van der Waals surface area contributed by atoms with E-state index in [-0.39, 0.29) is 18.4 Å². The fourth-order valence-electron chi connectivity index (χ4n) is 3.67. The molecule has 1 aliphatic heterocycles. The van der Waals surface area contributed by atoms with Crippen LogP contribution in [-0.2, 0) is 16.0 Å². The van der Waals surface area contributed by atoms with Gasteiger partial charge in [-0.1, -0.05) is 18.2 Å². The first kappa shape index (κ1) is 23.3. The summed E-state index contributed by atoms with van der Waals surface area (Å²) in [5.74, 6) is 0.343. The van der Waals surface area contributed by atoms with E-state index in [0.717, 1.165) is 16.9 Å². The summed E-state index contributed by atoms with van der Waals surface area (Å²) in [6, 6.07) is 13.5. The summed E-state index contributed by atoms with van der Waals surface area (Å²) in [5.41, 5.74) is 2.21. The SMILES string of the molecule is CC(C)(C)OC(=O)N1CCN(c2ccc(NC(=O)Cc3cnn(-c4ccccc4)c3)nc2)CC1. The van der Waals surface area contributed by atoms with E-state index >= 15 is 0 Å². The number of anilines is 2. The van der Waals surface area contributed by atoms with Crippen molar-refractivity contribution < 1.29 is 14.3 Å². The molecule has 0 bridgehead atoms. The number of piperazine rings is 1. The van der Waals surface area contributed by atoms with Gasteiger partial charge < -0.3 is 19.9 Å². The normalized spacial score (nSPS) is 14.1. The number of carbonyl (C=O) groups is 2. The maximum Gasteiger partial charge on any atom is 0.410 e. The van der Waals surface area contributed by atoms with Gasteiger partial charge in [0.25, 0.3) is 0 Å². The van der Waals surface area contributed by atoms with Crippen LogP contribution >= 0.6 is 0 Å². The van der Waals surface area contributed by atoms with Crippen LogP contribution in [0.2, 0.25) is 0 Å². The Labute approximate surface area is 199 Å². The van der Waals surface area contributed by atoms with Crippen LogP contribution in [0.15, 0.2) is 61.1 Å². The zero-order chi connectivity index (χ0) is 24.1. The highest BCUT2D eigenvalue weighted by molar-refractivity contribution is 5.91. The predicted octanol–water partition coefficient (Wildman–Crippen LogP) is 3.51. The van der Waals surface area contributed by atoms with Gasteiger partial charge in [-0.25, -0.2) is 14.5 Å². The molecule has 0 saturated carbocycles. The van der Waals surface area contributed by atoms with E-state index in [1.165, 1.54) is 0 Å². The minimum atomic E-state index is -0.499. The van der Waals surface area contributed by atoms with E-state index in [1.807, 2.05) is 63.4 Å². The third-order valence-corrected chi connectivity index (χ3v) is 5.33. The van der Waals surface area contributed by atoms with Crippen molar-refractivity contribution in [2.75, 3.05) is 36.4 Å². The van der Waals surface area contributed by atoms with Gasteiger partial charge in [-0.2, -0.15) is 5.10 Å². The Morgan fingerprint density at radius 3 is 2.35 bits per heavy atom. The molecule has 0 spiro atoms. The maximum absolute atomic E-state index is 12.5. The fourth-order valence-corrected chi connectivity index (χ4v) is 3.67. The Balaban J connectivity index is 1.27. The number of aromatic nitrogens is 3. The van der Waals surface area contributed by atoms with Gasteiger partial charge >= 0.3 is 6.09 Å². The fraction of sp³-hybridized carbons (Fsp3) is 0.360. The standard InChI is InChI=1S/C25H30N6O3/c1-25(2,3)34-24(33)30-13-11-29(12-14-30)21-9-10-22(26-17-21)28-23(32)15-19-16-27-31(18-19)20-7-5-4-6-8-20/h4-10,16-18H,11-15H2,1-3H3,(H,26,28,32).